The predicted octanol–water partition coefficient (Wildman–Crippen LogP) is 6.01. The third-order valence-corrected chi connectivity index (χ3v) is 6.41. The number of pyridine rings is 1. The van der Waals surface area contributed by atoms with Crippen molar-refractivity contribution in [2.75, 3.05) is 17.7 Å². The molecule has 3 heterocycles. The topological polar surface area (TPSA) is 89.0 Å². The molecule has 0 saturated carbocycles. The van der Waals surface area contributed by atoms with E-state index in [9.17, 15) is 4.79 Å². The van der Waals surface area contributed by atoms with Crippen LogP contribution in [0.2, 0.25) is 10.0 Å². The van der Waals surface area contributed by atoms with Crippen molar-refractivity contribution in [2.45, 2.75) is 13.8 Å². The molecule has 0 aliphatic heterocycles. The minimum atomic E-state index is -0.388. The molecule has 7 nitrogen and oxygen atoms in total. The predicted molar refractivity (Wildman–Crippen MR) is 125 cm³/mol. The number of anilines is 3. The Bertz CT molecular complexity index is 1310. The van der Waals surface area contributed by atoms with Gasteiger partial charge in [0.2, 0.25) is 0 Å². The van der Waals surface area contributed by atoms with E-state index in [1.54, 1.807) is 24.6 Å². The average molecular weight is 474 g/mol. The number of aromatic nitrogens is 3. The van der Waals surface area contributed by atoms with Crippen molar-refractivity contribution in [3.05, 3.63) is 62.8 Å². The van der Waals surface area contributed by atoms with Crippen LogP contribution in [0.5, 0.6) is 5.75 Å². The van der Waals surface area contributed by atoms with Gasteiger partial charge in [-0.05, 0) is 43.2 Å². The lowest BCUT2D eigenvalue weighted by Gasteiger charge is -2.14. The number of aryl methyl sites for hydroxylation is 2. The third-order valence-electron chi connectivity index (χ3n) is 4.57. The molecule has 0 spiro atoms. The zero-order valence-corrected chi connectivity index (χ0v) is 19.1. The lowest BCUT2D eigenvalue weighted by atomic mass is 10.2. The highest BCUT2D eigenvalue weighted by molar-refractivity contribution is 7.18. The molecule has 0 bridgehead atoms. The van der Waals surface area contributed by atoms with E-state index in [1.165, 1.54) is 24.8 Å². The van der Waals surface area contributed by atoms with Gasteiger partial charge in [-0.25, -0.2) is 15.0 Å². The van der Waals surface area contributed by atoms with Crippen molar-refractivity contribution in [2.24, 2.45) is 0 Å². The Labute approximate surface area is 192 Å². The van der Waals surface area contributed by atoms with Gasteiger partial charge in [0, 0.05) is 11.6 Å². The van der Waals surface area contributed by atoms with Crippen molar-refractivity contribution < 1.29 is 9.53 Å². The Morgan fingerprint density at radius 3 is 2.68 bits per heavy atom. The largest absolute Gasteiger partial charge is 0.495 e. The zero-order valence-electron chi connectivity index (χ0n) is 16.8. The number of nitrogens with one attached hydrogen (secondary N) is 2. The number of amides is 1. The van der Waals surface area contributed by atoms with E-state index in [4.69, 9.17) is 27.9 Å². The minimum Gasteiger partial charge on any atom is -0.495 e. The maximum absolute atomic E-state index is 13.1. The van der Waals surface area contributed by atoms with Crippen LogP contribution in [-0.4, -0.2) is 28.0 Å². The van der Waals surface area contributed by atoms with E-state index < -0.39 is 0 Å². The van der Waals surface area contributed by atoms with Crippen molar-refractivity contribution in [1.82, 2.24) is 15.0 Å². The molecule has 31 heavy (non-hydrogen) atoms. The second-order valence-corrected chi connectivity index (χ2v) is 8.38. The highest BCUT2D eigenvalue weighted by Gasteiger charge is 2.21. The van der Waals surface area contributed by atoms with Crippen LogP contribution in [0.15, 0.2) is 36.1 Å². The molecular formula is C21H17Cl2N5O2S. The summed E-state index contributed by atoms with van der Waals surface area (Å²) in [5, 5.41) is 8.28. The molecule has 0 unspecified atom stereocenters. The quantitative estimate of drug-likeness (QED) is 0.368. The first-order chi connectivity index (χ1) is 14.9. The average Bonchev–Trinajstić information content (AvgIpc) is 3.19. The molecule has 1 aromatic carbocycles. The molecule has 0 aliphatic carbocycles. The van der Waals surface area contributed by atoms with Crippen LogP contribution in [0.1, 0.15) is 21.5 Å². The van der Waals surface area contributed by atoms with Gasteiger partial charge in [-0.1, -0.05) is 23.2 Å². The molecule has 0 radical (unpaired) electrons. The van der Waals surface area contributed by atoms with E-state index in [0.29, 0.717) is 39.2 Å². The van der Waals surface area contributed by atoms with Crippen LogP contribution in [0.4, 0.5) is 17.3 Å². The fourth-order valence-electron chi connectivity index (χ4n) is 3.01. The number of benzene rings is 1. The summed E-state index contributed by atoms with van der Waals surface area (Å²) in [6.07, 6.45) is 3.12. The first-order valence-corrected chi connectivity index (χ1v) is 10.8. The molecule has 158 valence electrons. The smallest absolute Gasteiger partial charge is 0.258 e. The van der Waals surface area contributed by atoms with Crippen LogP contribution >= 0.6 is 34.5 Å². The first-order valence-electron chi connectivity index (χ1n) is 9.15. The number of thiophene rings is 1. The summed E-state index contributed by atoms with van der Waals surface area (Å²) in [7, 11) is 1.50. The lowest BCUT2D eigenvalue weighted by Crippen LogP contribution is -2.13. The van der Waals surface area contributed by atoms with Crippen LogP contribution in [-0.2, 0) is 0 Å². The highest BCUT2D eigenvalue weighted by atomic mass is 35.5. The van der Waals surface area contributed by atoms with Gasteiger partial charge < -0.3 is 15.4 Å². The molecule has 3 aromatic heterocycles. The van der Waals surface area contributed by atoms with Crippen molar-refractivity contribution in [3.63, 3.8) is 0 Å². The summed E-state index contributed by atoms with van der Waals surface area (Å²) < 4.78 is 6.00. The number of fused-ring (bicyclic) bond motifs is 1. The molecule has 0 atom stereocenters. The third kappa shape index (κ3) is 4.14. The number of carbonyl (C=O) groups excluding carboxylic acids is 1. The molecule has 1 amide bonds. The Morgan fingerprint density at radius 1 is 1.13 bits per heavy atom. The summed E-state index contributed by atoms with van der Waals surface area (Å²) in [6.45, 7) is 3.79. The number of hydrogen-bond donors (Lipinski definition) is 2. The van der Waals surface area contributed by atoms with Gasteiger partial charge >= 0.3 is 0 Å². The number of carbonyl (C=O) groups is 1. The van der Waals surface area contributed by atoms with Gasteiger partial charge in [-0.15, -0.1) is 11.3 Å². The number of halogens is 2. The number of rotatable bonds is 5. The van der Waals surface area contributed by atoms with Crippen LogP contribution in [0.3, 0.4) is 0 Å². The van der Waals surface area contributed by atoms with Gasteiger partial charge in [-0.2, -0.15) is 0 Å². The number of ether oxygens (including phenoxy) is 1. The first kappa shape index (κ1) is 21.3. The number of hydrogen-bond acceptors (Lipinski definition) is 7. The highest BCUT2D eigenvalue weighted by Crippen LogP contribution is 2.41. The van der Waals surface area contributed by atoms with Crippen molar-refractivity contribution in [3.8, 4) is 5.75 Å². The minimum absolute atomic E-state index is 0.230. The maximum atomic E-state index is 13.1. The van der Waals surface area contributed by atoms with Crippen LogP contribution in [0.25, 0.3) is 10.2 Å². The summed E-state index contributed by atoms with van der Waals surface area (Å²) in [5.74, 6) is 1.26. The zero-order chi connectivity index (χ0) is 22.1. The van der Waals surface area contributed by atoms with E-state index in [1.807, 2.05) is 19.1 Å². The van der Waals surface area contributed by atoms with E-state index in [2.05, 4.69) is 25.6 Å². The Kier molecular flexibility index (Phi) is 5.95. The molecular weight excluding hydrogens is 457 g/mol. The summed E-state index contributed by atoms with van der Waals surface area (Å²) in [5.41, 5.74) is 2.99. The maximum Gasteiger partial charge on any atom is 0.258 e. The second kappa shape index (κ2) is 8.66. The van der Waals surface area contributed by atoms with Crippen LogP contribution < -0.4 is 15.4 Å². The van der Waals surface area contributed by atoms with Crippen molar-refractivity contribution >= 4 is 68.0 Å². The summed E-state index contributed by atoms with van der Waals surface area (Å²) >= 11 is 14.1. The summed E-state index contributed by atoms with van der Waals surface area (Å²) in [4.78, 5) is 26.0. The Morgan fingerprint density at radius 2 is 1.94 bits per heavy atom. The molecule has 0 saturated heterocycles. The lowest BCUT2D eigenvalue weighted by molar-refractivity contribution is 0.102. The molecule has 10 heteroatoms. The van der Waals surface area contributed by atoms with Crippen molar-refractivity contribution in [1.29, 1.82) is 0 Å². The van der Waals surface area contributed by atoms with Gasteiger partial charge in [0.25, 0.3) is 5.91 Å². The van der Waals surface area contributed by atoms with E-state index in [0.717, 1.165) is 15.8 Å². The normalized spacial score (nSPS) is 10.9. The summed E-state index contributed by atoms with van der Waals surface area (Å²) in [6, 6.07) is 5.53. The van der Waals surface area contributed by atoms with Gasteiger partial charge in [0.15, 0.2) is 5.82 Å². The van der Waals surface area contributed by atoms with Gasteiger partial charge in [0.05, 0.1) is 33.6 Å². The molecule has 0 fully saturated rings. The van der Waals surface area contributed by atoms with E-state index >= 15 is 0 Å². The van der Waals surface area contributed by atoms with Gasteiger partial charge in [-0.3, -0.25) is 4.79 Å². The standard InChI is InChI=1S/C21H17Cl2N5O2S/c1-10-4-5-24-14(6-10)27-20-19-17(25-9-26-20)12(8-31-19)21(29)28-18-15(22)11(2)7-13(30-3)16(18)23/h4-9H,1-3H3,(H,28,29)(H,24,25,26,27). The molecule has 0 aliphatic rings. The molecule has 4 rings (SSSR count). The van der Waals surface area contributed by atoms with Crippen LogP contribution in [0, 0.1) is 13.8 Å². The monoisotopic (exact) mass is 473 g/mol. The Balaban J connectivity index is 1.69. The molecule has 4 aromatic rings. The second-order valence-electron chi connectivity index (χ2n) is 6.75. The Hall–Kier alpha value is -2.94. The number of methoxy groups -OCH3 is 1. The fraction of sp³-hybridized carbons (Fsp3) is 0.143. The molecule has 2 N–H and O–H groups in total. The fourth-order valence-corrected chi connectivity index (χ4v) is 4.47. The van der Waals surface area contributed by atoms with Gasteiger partial charge in [0.1, 0.15) is 22.9 Å². The van der Waals surface area contributed by atoms with E-state index in [-0.39, 0.29) is 10.9 Å². The SMILES string of the molecule is COc1cc(C)c(Cl)c(NC(=O)c2csc3c(Nc4cc(C)ccn4)ncnc23)c1Cl. The number of nitrogens with zero attached hydrogens (tertiary/aromatic N) is 3.